The van der Waals surface area contributed by atoms with Crippen molar-refractivity contribution in [3.05, 3.63) is 16.9 Å². The third kappa shape index (κ3) is 2.98. The van der Waals surface area contributed by atoms with Gasteiger partial charge in [-0.1, -0.05) is 22.5 Å². The fraction of sp³-hybridized carbons (Fsp3) is 0.333. The highest BCUT2D eigenvalue weighted by Gasteiger charge is 1.97. The maximum absolute atomic E-state index is 4.12. The van der Waals surface area contributed by atoms with Gasteiger partial charge in [0.05, 0.1) is 0 Å². The van der Waals surface area contributed by atoms with E-state index in [1.807, 2.05) is 6.92 Å². The molecule has 3 nitrogen and oxygen atoms in total. The molecule has 0 aliphatic carbocycles. The summed E-state index contributed by atoms with van der Waals surface area (Å²) >= 11 is 4.60. The average Bonchev–Trinajstić information content (AvgIpc) is 2.31. The van der Waals surface area contributed by atoms with Crippen LogP contribution in [0.4, 0.5) is 5.13 Å². The van der Waals surface area contributed by atoms with Gasteiger partial charge in [-0.05, 0) is 6.92 Å². The van der Waals surface area contributed by atoms with E-state index in [1.165, 1.54) is 11.5 Å². The van der Waals surface area contributed by atoms with Gasteiger partial charge in [0.1, 0.15) is 5.82 Å². The van der Waals surface area contributed by atoms with Crippen molar-refractivity contribution in [1.29, 1.82) is 0 Å². The van der Waals surface area contributed by atoms with Crippen molar-refractivity contribution < 1.29 is 0 Å². The van der Waals surface area contributed by atoms with Gasteiger partial charge in [-0.2, -0.15) is 4.37 Å². The van der Waals surface area contributed by atoms with Gasteiger partial charge in [0, 0.05) is 22.6 Å². The molecule has 0 aromatic carbocycles. The summed E-state index contributed by atoms with van der Waals surface area (Å²) in [5, 5.41) is 3.90. The zero-order valence-electron chi connectivity index (χ0n) is 6.09. The highest BCUT2D eigenvalue weighted by atomic mass is 79.9. The van der Waals surface area contributed by atoms with Gasteiger partial charge in [0.2, 0.25) is 5.13 Å². The van der Waals surface area contributed by atoms with Crippen LogP contribution in [-0.4, -0.2) is 15.9 Å². The molecule has 0 spiro atoms. The van der Waals surface area contributed by atoms with Crippen LogP contribution in [0.1, 0.15) is 5.82 Å². The van der Waals surface area contributed by atoms with E-state index in [-0.39, 0.29) is 0 Å². The predicted octanol–water partition coefficient (Wildman–Crippen LogP) is 2.17. The molecule has 1 rings (SSSR count). The molecular formula is C6H8BrN3S. The second kappa shape index (κ2) is 3.82. The number of anilines is 1. The van der Waals surface area contributed by atoms with E-state index >= 15 is 0 Å². The summed E-state index contributed by atoms with van der Waals surface area (Å²) in [4.78, 5) is 4.12. The van der Waals surface area contributed by atoms with Gasteiger partial charge in [-0.3, -0.25) is 0 Å². The van der Waals surface area contributed by atoms with Crippen LogP contribution in [-0.2, 0) is 0 Å². The zero-order valence-corrected chi connectivity index (χ0v) is 8.50. The molecule has 60 valence electrons. The number of rotatable bonds is 3. The molecule has 0 amide bonds. The standard InChI is InChI=1S/C6H8BrN3S/c1-4(7)3-8-6-9-5(2)10-11-6/h1,3H2,2H3,(H,8,9,10). The Balaban J connectivity index is 2.45. The average molecular weight is 234 g/mol. The Morgan fingerprint density at radius 2 is 2.55 bits per heavy atom. The van der Waals surface area contributed by atoms with Crippen molar-refractivity contribution in [1.82, 2.24) is 9.36 Å². The van der Waals surface area contributed by atoms with Crippen LogP contribution in [0.5, 0.6) is 0 Å². The first-order chi connectivity index (χ1) is 5.18. The normalized spacial score (nSPS) is 9.64. The van der Waals surface area contributed by atoms with Crippen LogP contribution in [0.15, 0.2) is 11.1 Å². The summed E-state index contributed by atoms with van der Waals surface area (Å²) in [6, 6.07) is 0. The Kier molecular flexibility index (Phi) is 3.02. The van der Waals surface area contributed by atoms with Crippen LogP contribution in [0.2, 0.25) is 0 Å². The molecule has 0 fully saturated rings. The molecule has 0 atom stereocenters. The maximum Gasteiger partial charge on any atom is 0.202 e. The fourth-order valence-corrected chi connectivity index (χ4v) is 1.25. The molecule has 5 heteroatoms. The number of aryl methyl sites for hydroxylation is 1. The van der Waals surface area contributed by atoms with Crippen molar-refractivity contribution >= 4 is 32.6 Å². The Labute approximate surface area is 77.8 Å². The molecule has 1 heterocycles. The first kappa shape index (κ1) is 8.67. The highest BCUT2D eigenvalue weighted by molar-refractivity contribution is 9.11. The van der Waals surface area contributed by atoms with Gasteiger partial charge in [-0.25, -0.2) is 4.98 Å². The van der Waals surface area contributed by atoms with Crippen LogP contribution in [0.3, 0.4) is 0 Å². The number of hydrogen-bond donors (Lipinski definition) is 1. The van der Waals surface area contributed by atoms with Crippen LogP contribution in [0.25, 0.3) is 0 Å². The first-order valence-electron chi connectivity index (χ1n) is 3.06. The van der Waals surface area contributed by atoms with Crippen LogP contribution in [0, 0.1) is 6.92 Å². The van der Waals surface area contributed by atoms with Crippen LogP contribution >= 0.6 is 27.5 Å². The number of halogens is 1. The lowest BCUT2D eigenvalue weighted by Gasteiger charge is -1.96. The minimum Gasteiger partial charge on any atom is -0.356 e. The Bertz CT molecular complexity index is 258. The monoisotopic (exact) mass is 233 g/mol. The van der Waals surface area contributed by atoms with Crippen molar-refractivity contribution in [2.24, 2.45) is 0 Å². The number of nitrogens with zero attached hydrogens (tertiary/aromatic N) is 2. The lowest BCUT2D eigenvalue weighted by Crippen LogP contribution is -1.99. The minimum atomic E-state index is 0.689. The molecule has 0 saturated heterocycles. The van der Waals surface area contributed by atoms with E-state index in [2.05, 4.69) is 37.2 Å². The Morgan fingerprint density at radius 1 is 1.82 bits per heavy atom. The van der Waals surface area contributed by atoms with Gasteiger partial charge in [-0.15, -0.1) is 0 Å². The molecule has 0 bridgehead atoms. The highest BCUT2D eigenvalue weighted by Crippen LogP contribution is 2.11. The van der Waals surface area contributed by atoms with Crippen molar-refractivity contribution in [3.8, 4) is 0 Å². The van der Waals surface area contributed by atoms with Gasteiger partial charge >= 0.3 is 0 Å². The topological polar surface area (TPSA) is 37.8 Å². The summed E-state index contributed by atoms with van der Waals surface area (Å²) in [6.45, 7) is 6.24. The first-order valence-corrected chi connectivity index (χ1v) is 4.62. The molecule has 0 saturated carbocycles. The van der Waals surface area contributed by atoms with Crippen LogP contribution < -0.4 is 5.32 Å². The molecule has 0 aliphatic heterocycles. The SMILES string of the molecule is C=C(Br)CNc1nc(C)ns1. The second-order valence-electron chi connectivity index (χ2n) is 2.02. The Morgan fingerprint density at radius 3 is 3.00 bits per heavy atom. The second-order valence-corrected chi connectivity index (χ2v) is 3.89. The maximum atomic E-state index is 4.12. The van der Waals surface area contributed by atoms with E-state index in [0.29, 0.717) is 6.54 Å². The van der Waals surface area contributed by atoms with E-state index in [4.69, 9.17) is 0 Å². The van der Waals surface area contributed by atoms with Crippen molar-refractivity contribution in [2.75, 3.05) is 11.9 Å². The van der Waals surface area contributed by atoms with Crippen molar-refractivity contribution in [3.63, 3.8) is 0 Å². The van der Waals surface area contributed by atoms with Gasteiger partial charge in [0.25, 0.3) is 0 Å². The smallest absolute Gasteiger partial charge is 0.202 e. The summed E-state index contributed by atoms with van der Waals surface area (Å²) in [6.07, 6.45) is 0. The molecule has 0 unspecified atom stereocenters. The third-order valence-electron chi connectivity index (χ3n) is 0.959. The van der Waals surface area contributed by atoms with E-state index in [1.54, 1.807) is 0 Å². The molecule has 1 N–H and O–H groups in total. The Hall–Kier alpha value is -0.420. The molecule has 1 aromatic heterocycles. The van der Waals surface area contributed by atoms with E-state index in [0.717, 1.165) is 15.4 Å². The lowest BCUT2D eigenvalue weighted by atomic mass is 10.6. The lowest BCUT2D eigenvalue weighted by molar-refractivity contribution is 1.15. The van der Waals surface area contributed by atoms with E-state index in [9.17, 15) is 0 Å². The molecule has 0 aliphatic rings. The van der Waals surface area contributed by atoms with Gasteiger partial charge < -0.3 is 5.32 Å². The molecule has 11 heavy (non-hydrogen) atoms. The largest absolute Gasteiger partial charge is 0.356 e. The van der Waals surface area contributed by atoms with Crippen molar-refractivity contribution in [2.45, 2.75) is 6.92 Å². The predicted molar refractivity (Wildman–Crippen MR) is 51.2 cm³/mol. The fourth-order valence-electron chi connectivity index (χ4n) is 0.540. The number of aromatic nitrogens is 2. The third-order valence-corrected chi connectivity index (χ3v) is 2.00. The molecule has 0 radical (unpaired) electrons. The molecular weight excluding hydrogens is 226 g/mol. The number of nitrogens with one attached hydrogen (secondary N) is 1. The summed E-state index contributed by atoms with van der Waals surface area (Å²) < 4.78 is 4.93. The summed E-state index contributed by atoms with van der Waals surface area (Å²) in [7, 11) is 0. The quantitative estimate of drug-likeness (QED) is 0.870. The minimum absolute atomic E-state index is 0.689. The zero-order chi connectivity index (χ0) is 8.27. The summed E-state index contributed by atoms with van der Waals surface area (Å²) in [5.74, 6) is 0.803. The number of hydrogen-bond acceptors (Lipinski definition) is 4. The van der Waals surface area contributed by atoms with Gasteiger partial charge in [0.15, 0.2) is 0 Å². The molecule has 1 aromatic rings. The summed E-state index contributed by atoms with van der Waals surface area (Å²) in [5.41, 5.74) is 0. The van der Waals surface area contributed by atoms with E-state index < -0.39 is 0 Å².